The Labute approximate surface area is 198 Å². The highest BCUT2D eigenvalue weighted by atomic mass is 35.5. The summed E-state index contributed by atoms with van der Waals surface area (Å²) < 4.78 is 16.2. The van der Waals surface area contributed by atoms with Crippen LogP contribution in [0.15, 0.2) is 36.4 Å². The predicted molar refractivity (Wildman–Crippen MR) is 125 cm³/mol. The maximum absolute atomic E-state index is 13.2. The Balaban J connectivity index is 2.27. The fourth-order valence-corrected chi connectivity index (χ4v) is 3.61. The summed E-state index contributed by atoms with van der Waals surface area (Å²) in [6.45, 7) is 3.98. The van der Waals surface area contributed by atoms with Crippen LogP contribution in [0.1, 0.15) is 25.8 Å². The molecular weight excluding hydrogens is 455 g/mol. The minimum absolute atomic E-state index is 0.134. The lowest BCUT2D eigenvalue weighted by atomic mass is 10.1. The molecule has 1 atom stereocenters. The van der Waals surface area contributed by atoms with Crippen LogP contribution in [0.4, 0.5) is 0 Å². The van der Waals surface area contributed by atoms with E-state index in [0.29, 0.717) is 45.8 Å². The summed E-state index contributed by atoms with van der Waals surface area (Å²) in [6, 6.07) is 9.35. The largest absolute Gasteiger partial charge is 0.496 e. The molecule has 0 unspecified atom stereocenters. The van der Waals surface area contributed by atoms with E-state index in [2.05, 4.69) is 5.32 Å². The molecule has 9 heteroatoms. The Morgan fingerprint density at radius 2 is 1.62 bits per heavy atom. The van der Waals surface area contributed by atoms with Crippen molar-refractivity contribution in [1.82, 2.24) is 10.2 Å². The van der Waals surface area contributed by atoms with Gasteiger partial charge in [-0.15, -0.1) is 0 Å². The highest BCUT2D eigenvalue weighted by Crippen LogP contribution is 2.28. The van der Waals surface area contributed by atoms with Gasteiger partial charge in [-0.1, -0.05) is 36.2 Å². The maximum Gasteiger partial charge on any atom is 0.261 e. The topological polar surface area (TPSA) is 77.1 Å². The standard InChI is InChI=1S/C23H28Cl2N2O5/c1-5-21(23(29)26-6-2)27(13-15-7-8-16(24)9-20(15)25)22(28)14-32-19-11-17(30-3)10-18(12-19)31-4/h7-12,21H,5-6,13-14H2,1-4H3,(H,26,29)/t21-/m1/s1. The first-order valence-corrected chi connectivity index (χ1v) is 10.9. The third-order valence-electron chi connectivity index (χ3n) is 4.78. The summed E-state index contributed by atoms with van der Waals surface area (Å²) in [5.41, 5.74) is 0.676. The van der Waals surface area contributed by atoms with E-state index < -0.39 is 6.04 Å². The van der Waals surface area contributed by atoms with Crippen LogP contribution >= 0.6 is 23.2 Å². The molecule has 0 radical (unpaired) electrons. The molecule has 174 valence electrons. The Hall–Kier alpha value is -2.64. The molecule has 2 aromatic carbocycles. The SMILES string of the molecule is CCNC(=O)[C@@H](CC)N(Cc1ccc(Cl)cc1Cl)C(=O)COc1cc(OC)cc(OC)c1. The van der Waals surface area contributed by atoms with Crippen LogP contribution < -0.4 is 19.5 Å². The minimum atomic E-state index is -0.683. The molecule has 0 aliphatic carbocycles. The van der Waals surface area contributed by atoms with Crippen LogP contribution in [0.3, 0.4) is 0 Å². The van der Waals surface area contributed by atoms with Crippen molar-refractivity contribution in [3.63, 3.8) is 0 Å². The second-order valence-electron chi connectivity index (χ2n) is 6.91. The van der Waals surface area contributed by atoms with Crippen LogP contribution in [0, 0.1) is 0 Å². The van der Waals surface area contributed by atoms with Crippen molar-refractivity contribution in [1.29, 1.82) is 0 Å². The smallest absolute Gasteiger partial charge is 0.261 e. The van der Waals surface area contributed by atoms with Crippen molar-refractivity contribution in [2.75, 3.05) is 27.4 Å². The molecule has 0 saturated carbocycles. The molecule has 2 rings (SSSR count). The summed E-state index contributed by atoms with van der Waals surface area (Å²) >= 11 is 12.3. The molecule has 0 aliphatic heterocycles. The minimum Gasteiger partial charge on any atom is -0.496 e. The van der Waals surface area contributed by atoms with Gasteiger partial charge in [0, 0.05) is 41.3 Å². The molecule has 0 aromatic heterocycles. The van der Waals surface area contributed by atoms with Crippen molar-refractivity contribution >= 4 is 35.0 Å². The Morgan fingerprint density at radius 1 is 1.00 bits per heavy atom. The zero-order valence-electron chi connectivity index (χ0n) is 18.6. The number of halogens is 2. The van der Waals surface area contributed by atoms with Crippen LogP contribution in [-0.4, -0.2) is 50.1 Å². The molecule has 32 heavy (non-hydrogen) atoms. The number of nitrogens with zero attached hydrogens (tertiary/aromatic N) is 1. The van der Waals surface area contributed by atoms with Gasteiger partial charge in [0.2, 0.25) is 5.91 Å². The maximum atomic E-state index is 13.2. The van der Waals surface area contributed by atoms with Gasteiger partial charge in [0.1, 0.15) is 23.3 Å². The number of rotatable bonds is 11. The quantitative estimate of drug-likeness (QED) is 0.515. The van der Waals surface area contributed by atoms with E-state index in [-0.39, 0.29) is 25.0 Å². The fourth-order valence-electron chi connectivity index (χ4n) is 3.14. The van der Waals surface area contributed by atoms with Gasteiger partial charge in [-0.05, 0) is 31.0 Å². The monoisotopic (exact) mass is 482 g/mol. The van der Waals surface area contributed by atoms with E-state index >= 15 is 0 Å². The lowest BCUT2D eigenvalue weighted by Crippen LogP contribution is -2.50. The third kappa shape index (κ3) is 6.93. The second kappa shape index (κ2) is 12.4. The lowest BCUT2D eigenvalue weighted by Gasteiger charge is -2.30. The zero-order valence-corrected chi connectivity index (χ0v) is 20.1. The number of methoxy groups -OCH3 is 2. The van der Waals surface area contributed by atoms with E-state index in [1.165, 1.54) is 19.1 Å². The number of hydrogen-bond acceptors (Lipinski definition) is 5. The Bertz CT molecular complexity index is 916. The zero-order chi connectivity index (χ0) is 23.7. The van der Waals surface area contributed by atoms with E-state index in [0.717, 1.165) is 0 Å². The van der Waals surface area contributed by atoms with Crippen LogP contribution in [0.5, 0.6) is 17.2 Å². The molecule has 0 heterocycles. The van der Waals surface area contributed by atoms with Crippen molar-refractivity contribution in [3.05, 3.63) is 52.0 Å². The first-order valence-electron chi connectivity index (χ1n) is 10.2. The van der Waals surface area contributed by atoms with E-state index in [9.17, 15) is 9.59 Å². The van der Waals surface area contributed by atoms with E-state index in [1.54, 1.807) is 36.4 Å². The van der Waals surface area contributed by atoms with Gasteiger partial charge in [-0.25, -0.2) is 0 Å². The van der Waals surface area contributed by atoms with Crippen molar-refractivity contribution in [2.45, 2.75) is 32.9 Å². The molecule has 0 bridgehead atoms. The molecule has 0 saturated heterocycles. The Kier molecular flexibility index (Phi) is 9.94. The molecule has 0 spiro atoms. The summed E-state index contributed by atoms with van der Waals surface area (Å²) in [5.74, 6) is 0.869. The highest BCUT2D eigenvalue weighted by Gasteiger charge is 2.29. The number of likely N-dealkylation sites (N-methyl/N-ethyl adjacent to an activating group) is 1. The van der Waals surface area contributed by atoms with Crippen LogP contribution in [0.25, 0.3) is 0 Å². The first kappa shape index (κ1) is 25.6. The van der Waals surface area contributed by atoms with Gasteiger partial charge in [-0.3, -0.25) is 9.59 Å². The van der Waals surface area contributed by atoms with Gasteiger partial charge >= 0.3 is 0 Å². The summed E-state index contributed by atoms with van der Waals surface area (Å²) in [4.78, 5) is 27.3. The van der Waals surface area contributed by atoms with Crippen LogP contribution in [0.2, 0.25) is 10.0 Å². The number of ether oxygens (including phenoxy) is 3. The molecule has 0 fully saturated rings. The number of carbonyl (C=O) groups excluding carboxylic acids is 2. The fraction of sp³-hybridized carbons (Fsp3) is 0.391. The average molecular weight is 483 g/mol. The predicted octanol–water partition coefficient (Wildman–Crippen LogP) is 4.33. The summed E-state index contributed by atoms with van der Waals surface area (Å²) in [7, 11) is 3.05. The van der Waals surface area contributed by atoms with Crippen molar-refractivity contribution in [2.24, 2.45) is 0 Å². The van der Waals surface area contributed by atoms with Crippen LogP contribution in [-0.2, 0) is 16.1 Å². The summed E-state index contributed by atoms with van der Waals surface area (Å²) in [5, 5.41) is 3.69. The molecule has 2 amide bonds. The normalized spacial score (nSPS) is 11.4. The highest BCUT2D eigenvalue weighted by molar-refractivity contribution is 6.35. The molecular formula is C23H28Cl2N2O5. The average Bonchev–Trinajstić information content (AvgIpc) is 2.78. The Morgan fingerprint density at radius 3 is 2.16 bits per heavy atom. The number of benzene rings is 2. The van der Waals surface area contributed by atoms with Gasteiger partial charge < -0.3 is 24.4 Å². The second-order valence-corrected chi connectivity index (χ2v) is 7.76. The molecule has 2 aromatic rings. The van der Waals surface area contributed by atoms with Crippen molar-refractivity contribution in [3.8, 4) is 17.2 Å². The number of carbonyl (C=O) groups is 2. The van der Waals surface area contributed by atoms with Gasteiger partial charge in [-0.2, -0.15) is 0 Å². The number of hydrogen-bond donors (Lipinski definition) is 1. The molecule has 7 nitrogen and oxygen atoms in total. The third-order valence-corrected chi connectivity index (χ3v) is 5.37. The molecule has 0 aliphatic rings. The number of amides is 2. The van der Waals surface area contributed by atoms with Gasteiger partial charge in [0.25, 0.3) is 5.91 Å². The van der Waals surface area contributed by atoms with E-state index in [1.807, 2.05) is 13.8 Å². The van der Waals surface area contributed by atoms with Gasteiger partial charge in [0.15, 0.2) is 6.61 Å². The lowest BCUT2D eigenvalue weighted by molar-refractivity contribution is -0.142. The van der Waals surface area contributed by atoms with Crippen molar-refractivity contribution < 1.29 is 23.8 Å². The molecule has 1 N–H and O–H groups in total. The first-order chi connectivity index (χ1) is 15.3. The van der Waals surface area contributed by atoms with Gasteiger partial charge in [0.05, 0.1) is 14.2 Å². The number of nitrogens with one attached hydrogen (secondary N) is 1. The van der Waals surface area contributed by atoms with E-state index in [4.69, 9.17) is 37.4 Å². The summed E-state index contributed by atoms with van der Waals surface area (Å²) in [6.07, 6.45) is 0.426.